The van der Waals surface area contributed by atoms with Gasteiger partial charge < -0.3 is 15.0 Å². The van der Waals surface area contributed by atoms with Crippen LogP contribution in [0, 0.1) is 5.92 Å². The Balaban J connectivity index is 1.61. The highest BCUT2D eigenvalue weighted by molar-refractivity contribution is 5.94. The van der Waals surface area contributed by atoms with Gasteiger partial charge in [-0.25, -0.2) is 0 Å². The molecule has 1 fully saturated rings. The fourth-order valence-electron chi connectivity index (χ4n) is 3.18. The molecule has 0 radical (unpaired) electrons. The molecule has 1 amide bonds. The first-order chi connectivity index (χ1) is 12.1. The van der Waals surface area contributed by atoms with E-state index < -0.39 is 0 Å². The van der Waals surface area contributed by atoms with Gasteiger partial charge in [-0.15, -0.1) is 0 Å². The molecule has 0 bridgehead atoms. The van der Waals surface area contributed by atoms with Crippen LogP contribution in [0.3, 0.4) is 0 Å². The van der Waals surface area contributed by atoms with Crippen LogP contribution in [0.25, 0.3) is 0 Å². The maximum absolute atomic E-state index is 12.0. The van der Waals surface area contributed by atoms with Crippen molar-refractivity contribution in [1.82, 2.24) is 10.2 Å². The van der Waals surface area contributed by atoms with Crippen molar-refractivity contribution in [2.45, 2.75) is 39.5 Å². The lowest BCUT2D eigenvalue weighted by atomic mass is 9.98. The summed E-state index contributed by atoms with van der Waals surface area (Å²) in [5.41, 5.74) is 0.642. The summed E-state index contributed by atoms with van der Waals surface area (Å²) >= 11 is 0. The minimum atomic E-state index is 0.0224. The van der Waals surface area contributed by atoms with Crippen molar-refractivity contribution in [1.29, 1.82) is 0 Å². The summed E-state index contributed by atoms with van der Waals surface area (Å²) in [7, 11) is 0. The number of rotatable bonds is 9. The van der Waals surface area contributed by atoms with Crippen molar-refractivity contribution in [3.63, 3.8) is 0 Å². The smallest absolute Gasteiger partial charge is 0.220 e. The average Bonchev–Trinajstić information content (AvgIpc) is 2.64. The highest BCUT2D eigenvalue weighted by atomic mass is 16.5. The van der Waals surface area contributed by atoms with Gasteiger partial charge in [0, 0.05) is 25.1 Å². The predicted octanol–water partition coefficient (Wildman–Crippen LogP) is 2.90. The number of nitrogens with one attached hydrogen (secondary N) is 1. The highest BCUT2D eigenvalue weighted by Crippen LogP contribution is 2.16. The molecule has 0 aliphatic carbocycles. The summed E-state index contributed by atoms with van der Waals surface area (Å²) in [6, 6.07) is 7.15. The SMILES string of the molecule is CCN1CCC[C@@H](CNC(=O)CCCOc2cccc(C(C)=O)c2)C1. The van der Waals surface area contributed by atoms with Gasteiger partial charge in [-0.05, 0) is 57.3 Å². The molecule has 1 atom stereocenters. The number of Topliss-reactive ketones (excluding diaryl/α,β-unsaturated/α-hetero) is 1. The van der Waals surface area contributed by atoms with Gasteiger partial charge in [-0.1, -0.05) is 19.1 Å². The molecule has 2 rings (SSSR count). The number of carbonyl (C=O) groups is 2. The van der Waals surface area contributed by atoms with Gasteiger partial charge in [0.2, 0.25) is 5.91 Å². The van der Waals surface area contributed by atoms with E-state index in [1.54, 1.807) is 12.1 Å². The first-order valence-corrected chi connectivity index (χ1v) is 9.31. The Bertz CT molecular complexity index is 574. The van der Waals surface area contributed by atoms with Crippen molar-refractivity contribution >= 4 is 11.7 Å². The zero-order chi connectivity index (χ0) is 18.1. The number of carbonyl (C=O) groups excluding carboxylic acids is 2. The Kier molecular flexibility index (Phi) is 7.92. The number of nitrogens with zero attached hydrogens (tertiary/aromatic N) is 1. The molecule has 1 aromatic rings. The molecule has 0 aromatic heterocycles. The number of amides is 1. The fourth-order valence-corrected chi connectivity index (χ4v) is 3.18. The molecule has 0 spiro atoms. The highest BCUT2D eigenvalue weighted by Gasteiger charge is 2.18. The minimum absolute atomic E-state index is 0.0224. The molecule has 25 heavy (non-hydrogen) atoms. The topological polar surface area (TPSA) is 58.6 Å². The number of hydrogen-bond acceptors (Lipinski definition) is 4. The van der Waals surface area contributed by atoms with E-state index in [9.17, 15) is 9.59 Å². The molecule has 1 aliphatic heterocycles. The molecular formula is C20H30N2O3. The lowest BCUT2D eigenvalue weighted by molar-refractivity contribution is -0.121. The summed E-state index contributed by atoms with van der Waals surface area (Å²) in [5.74, 6) is 1.36. The molecule has 5 heteroatoms. The van der Waals surface area contributed by atoms with E-state index in [-0.39, 0.29) is 11.7 Å². The third-order valence-electron chi connectivity index (χ3n) is 4.70. The number of benzene rings is 1. The van der Waals surface area contributed by atoms with E-state index >= 15 is 0 Å². The first-order valence-electron chi connectivity index (χ1n) is 9.31. The summed E-state index contributed by atoms with van der Waals surface area (Å²) in [4.78, 5) is 25.8. The Morgan fingerprint density at radius 1 is 1.36 bits per heavy atom. The second-order valence-corrected chi connectivity index (χ2v) is 6.74. The Morgan fingerprint density at radius 3 is 2.96 bits per heavy atom. The number of piperidine rings is 1. The first kappa shape index (κ1) is 19.4. The number of likely N-dealkylation sites (tertiary alicyclic amines) is 1. The second-order valence-electron chi connectivity index (χ2n) is 6.74. The molecule has 1 aliphatic rings. The van der Waals surface area contributed by atoms with Crippen LogP contribution in [0.2, 0.25) is 0 Å². The lowest BCUT2D eigenvalue weighted by Gasteiger charge is -2.31. The van der Waals surface area contributed by atoms with E-state index in [0.717, 1.165) is 19.6 Å². The van der Waals surface area contributed by atoms with E-state index in [0.29, 0.717) is 36.7 Å². The van der Waals surface area contributed by atoms with E-state index in [4.69, 9.17) is 4.74 Å². The van der Waals surface area contributed by atoms with Gasteiger partial charge in [-0.2, -0.15) is 0 Å². The number of ketones is 1. The summed E-state index contributed by atoms with van der Waals surface area (Å²) in [6.45, 7) is 8.34. The van der Waals surface area contributed by atoms with Crippen LogP contribution in [0.5, 0.6) is 5.75 Å². The predicted molar refractivity (Wildman–Crippen MR) is 99.0 cm³/mol. The standard InChI is InChI=1S/C20H30N2O3/c1-3-22-11-5-7-17(15-22)14-21-20(24)10-6-12-25-19-9-4-8-18(13-19)16(2)23/h4,8-9,13,17H,3,5-7,10-12,14-15H2,1-2H3,(H,21,24)/t17-/m0/s1. The average molecular weight is 346 g/mol. The molecule has 1 aromatic carbocycles. The molecule has 1 heterocycles. The third kappa shape index (κ3) is 6.86. The Labute approximate surface area is 150 Å². The number of hydrogen-bond donors (Lipinski definition) is 1. The second kappa shape index (κ2) is 10.2. The van der Waals surface area contributed by atoms with Crippen molar-refractivity contribution in [3.8, 4) is 5.75 Å². The fraction of sp³-hybridized carbons (Fsp3) is 0.600. The minimum Gasteiger partial charge on any atom is -0.494 e. The largest absolute Gasteiger partial charge is 0.494 e. The molecule has 138 valence electrons. The zero-order valence-corrected chi connectivity index (χ0v) is 15.4. The van der Waals surface area contributed by atoms with Gasteiger partial charge in [0.1, 0.15) is 5.75 Å². The van der Waals surface area contributed by atoms with Crippen LogP contribution < -0.4 is 10.1 Å². The zero-order valence-electron chi connectivity index (χ0n) is 15.4. The molecule has 0 unspecified atom stereocenters. The van der Waals surface area contributed by atoms with Gasteiger partial charge in [0.15, 0.2) is 5.78 Å². The molecule has 1 saturated heterocycles. The van der Waals surface area contributed by atoms with Crippen molar-refractivity contribution in [3.05, 3.63) is 29.8 Å². The van der Waals surface area contributed by atoms with Gasteiger partial charge in [-0.3, -0.25) is 9.59 Å². The normalized spacial score (nSPS) is 17.9. The Morgan fingerprint density at radius 2 is 2.20 bits per heavy atom. The van der Waals surface area contributed by atoms with Crippen LogP contribution in [0.15, 0.2) is 24.3 Å². The maximum Gasteiger partial charge on any atom is 0.220 e. The summed E-state index contributed by atoms with van der Waals surface area (Å²) in [5, 5.41) is 3.05. The van der Waals surface area contributed by atoms with Crippen LogP contribution >= 0.6 is 0 Å². The van der Waals surface area contributed by atoms with Gasteiger partial charge in [0.05, 0.1) is 6.61 Å². The molecule has 5 nitrogen and oxygen atoms in total. The summed E-state index contributed by atoms with van der Waals surface area (Å²) in [6.07, 6.45) is 3.56. The molecular weight excluding hydrogens is 316 g/mol. The van der Waals surface area contributed by atoms with Gasteiger partial charge in [0.25, 0.3) is 0 Å². The maximum atomic E-state index is 12.0. The third-order valence-corrected chi connectivity index (χ3v) is 4.70. The van der Waals surface area contributed by atoms with Crippen LogP contribution in [0.1, 0.15) is 49.9 Å². The van der Waals surface area contributed by atoms with E-state index in [2.05, 4.69) is 17.1 Å². The monoisotopic (exact) mass is 346 g/mol. The quantitative estimate of drug-likeness (QED) is 0.552. The number of ether oxygens (including phenoxy) is 1. The van der Waals surface area contributed by atoms with Crippen molar-refractivity contribution in [2.24, 2.45) is 5.92 Å². The van der Waals surface area contributed by atoms with Crippen LogP contribution in [-0.4, -0.2) is 49.4 Å². The van der Waals surface area contributed by atoms with Crippen molar-refractivity contribution < 1.29 is 14.3 Å². The summed E-state index contributed by atoms with van der Waals surface area (Å²) < 4.78 is 5.63. The van der Waals surface area contributed by atoms with Crippen LogP contribution in [0.4, 0.5) is 0 Å². The van der Waals surface area contributed by atoms with E-state index in [1.807, 2.05) is 12.1 Å². The Hall–Kier alpha value is -1.88. The molecule has 0 saturated carbocycles. The van der Waals surface area contributed by atoms with Crippen molar-refractivity contribution in [2.75, 3.05) is 32.8 Å². The van der Waals surface area contributed by atoms with Gasteiger partial charge >= 0.3 is 0 Å². The molecule has 1 N–H and O–H groups in total. The van der Waals surface area contributed by atoms with E-state index in [1.165, 1.54) is 26.3 Å². The lowest BCUT2D eigenvalue weighted by Crippen LogP contribution is -2.40. The van der Waals surface area contributed by atoms with Crippen LogP contribution in [-0.2, 0) is 4.79 Å².